The van der Waals surface area contributed by atoms with Gasteiger partial charge < -0.3 is 5.32 Å². The third-order valence-corrected chi connectivity index (χ3v) is 4.26. The van der Waals surface area contributed by atoms with Crippen molar-refractivity contribution in [3.63, 3.8) is 0 Å². The Bertz CT molecular complexity index is 720. The van der Waals surface area contributed by atoms with Gasteiger partial charge in [0.05, 0.1) is 10.8 Å². The molecule has 0 saturated carbocycles. The smallest absolute Gasteiger partial charge is 0.238 e. The van der Waals surface area contributed by atoms with Gasteiger partial charge in [-0.1, -0.05) is 35.9 Å². The van der Waals surface area contributed by atoms with Gasteiger partial charge in [-0.15, -0.1) is 0 Å². The quantitative estimate of drug-likeness (QED) is 0.855. The van der Waals surface area contributed by atoms with Gasteiger partial charge in [0.15, 0.2) is 5.82 Å². The summed E-state index contributed by atoms with van der Waals surface area (Å²) in [5, 5.41) is 3.30. The van der Waals surface area contributed by atoms with E-state index in [0.717, 1.165) is 5.56 Å². The summed E-state index contributed by atoms with van der Waals surface area (Å²) in [6, 6.07) is 10.6. The normalized spacial score (nSPS) is 11.3. The topological polar surface area (TPSA) is 71.1 Å². The second-order valence-corrected chi connectivity index (χ2v) is 6.67. The lowest BCUT2D eigenvalue weighted by molar-refractivity contribution is 0.600. The van der Waals surface area contributed by atoms with Crippen molar-refractivity contribution in [2.24, 2.45) is 0 Å². The molecule has 2 aromatic rings. The first-order valence-electron chi connectivity index (χ1n) is 6.33. The van der Waals surface area contributed by atoms with E-state index in [1.807, 2.05) is 25.2 Å². The number of hydrogen-bond donors (Lipinski definition) is 2. The van der Waals surface area contributed by atoms with Crippen molar-refractivity contribution in [1.29, 1.82) is 0 Å². The summed E-state index contributed by atoms with van der Waals surface area (Å²) in [7, 11) is -1.72. The molecule has 1 aromatic heterocycles. The maximum absolute atomic E-state index is 12.2. The first-order chi connectivity index (χ1) is 10.00. The lowest BCUT2D eigenvalue weighted by atomic mass is 10.1. The van der Waals surface area contributed by atoms with Crippen LogP contribution in [-0.4, -0.2) is 20.4 Å². The zero-order chi connectivity index (χ0) is 15.3. The van der Waals surface area contributed by atoms with E-state index in [4.69, 9.17) is 11.6 Å². The molecule has 1 aromatic carbocycles. The molecular formula is C14H16ClN3O2S. The van der Waals surface area contributed by atoms with Crippen LogP contribution in [0.15, 0.2) is 42.6 Å². The van der Waals surface area contributed by atoms with Gasteiger partial charge in [0.25, 0.3) is 0 Å². The van der Waals surface area contributed by atoms with Crippen LogP contribution >= 0.6 is 11.6 Å². The van der Waals surface area contributed by atoms with E-state index >= 15 is 0 Å². The summed E-state index contributed by atoms with van der Waals surface area (Å²) in [5.74, 6) is 0.0165. The summed E-state index contributed by atoms with van der Waals surface area (Å²) < 4.78 is 26.7. The number of sulfonamides is 1. The third-order valence-electron chi connectivity index (χ3n) is 2.74. The van der Waals surface area contributed by atoms with Crippen LogP contribution in [0.2, 0.25) is 5.02 Å². The number of rotatable bonds is 6. The molecule has 0 saturated heterocycles. The molecule has 0 unspecified atom stereocenters. The van der Waals surface area contributed by atoms with E-state index in [1.165, 1.54) is 6.20 Å². The van der Waals surface area contributed by atoms with Crippen molar-refractivity contribution in [1.82, 2.24) is 10.3 Å². The molecule has 0 aliphatic rings. The zero-order valence-electron chi connectivity index (χ0n) is 11.5. The van der Waals surface area contributed by atoms with Gasteiger partial charge in [0.2, 0.25) is 10.0 Å². The Morgan fingerprint density at radius 1 is 1.19 bits per heavy atom. The molecule has 0 radical (unpaired) electrons. The summed E-state index contributed by atoms with van der Waals surface area (Å²) >= 11 is 5.90. The van der Waals surface area contributed by atoms with Crippen molar-refractivity contribution < 1.29 is 8.42 Å². The molecule has 7 heteroatoms. The van der Waals surface area contributed by atoms with Gasteiger partial charge >= 0.3 is 0 Å². The lowest BCUT2D eigenvalue weighted by Crippen LogP contribution is -2.16. The summed E-state index contributed by atoms with van der Waals surface area (Å²) in [4.78, 5) is 3.92. The standard InChI is InChI=1S/C14H16ClN3O2S/c1-16-9-11-4-2-5-12(8-11)10-21(19,20)18-14-13(15)6-3-7-17-14/h2-8,16H,9-10H2,1H3,(H,17,18). The highest BCUT2D eigenvalue weighted by Crippen LogP contribution is 2.20. The van der Waals surface area contributed by atoms with E-state index in [9.17, 15) is 8.42 Å². The number of benzene rings is 1. The predicted octanol–water partition coefficient (Wildman–Crippen LogP) is 2.40. The Balaban J connectivity index is 2.14. The number of anilines is 1. The number of nitrogens with one attached hydrogen (secondary N) is 2. The molecule has 1 heterocycles. The Hall–Kier alpha value is -1.63. The molecule has 0 fully saturated rings. The molecule has 5 nitrogen and oxygen atoms in total. The van der Waals surface area contributed by atoms with Crippen LogP contribution in [0.5, 0.6) is 0 Å². The van der Waals surface area contributed by atoms with E-state index in [0.29, 0.717) is 12.1 Å². The number of pyridine rings is 1. The SMILES string of the molecule is CNCc1cccc(CS(=O)(=O)Nc2ncccc2Cl)c1. The van der Waals surface area contributed by atoms with Crippen LogP contribution in [0.4, 0.5) is 5.82 Å². The molecule has 0 atom stereocenters. The van der Waals surface area contributed by atoms with Crippen LogP contribution in [-0.2, 0) is 22.3 Å². The highest BCUT2D eigenvalue weighted by atomic mass is 35.5. The van der Waals surface area contributed by atoms with Crippen molar-refractivity contribution >= 4 is 27.4 Å². The lowest BCUT2D eigenvalue weighted by Gasteiger charge is -2.09. The fourth-order valence-electron chi connectivity index (χ4n) is 1.90. The number of hydrogen-bond acceptors (Lipinski definition) is 4. The molecule has 0 spiro atoms. The fourth-order valence-corrected chi connectivity index (χ4v) is 3.27. The third kappa shape index (κ3) is 4.70. The first kappa shape index (κ1) is 15.8. The predicted molar refractivity (Wildman–Crippen MR) is 84.7 cm³/mol. The van der Waals surface area contributed by atoms with Gasteiger partial charge in [-0.2, -0.15) is 0 Å². The summed E-state index contributed by atoms with van der Waals surface area (Å²) in [6.07, 6.45) is 1.48. The first-order valence-corrected chi connectivity index (χ1v) is 8.36. The van der Waals surface area contributed by atoms with Crippen molar-refractivity contribution in [2.45, 2.75) is 12.3 Å². The Labute approximate surface area is 129 Å². The van der Waals surface area contributed by atoms with Crippen molar-refractivity contribution in [3.05, 3.63) is 58.7 Å². The van der Waals surface area contributed by atoms with Crippen LogP contribution in [0.3, 0.4) is 0 Å². The minimum absolute atomic E-state index is 0.128. The molecular weight excluding hydrogens is 310 g/mol. The van der Waals surface area contributed by atoms with Crippen molar-refractivity contribution in [3.8, 4) is 0 Å². The summed E-state index contributed by atoms with van der Waals surface area (Å²) in [6.45, 7) is 0.688. The highest BCUT2D eigenvalue weighted by Gasteiger charge is 2.14. The molecule has 2 rings (SSSR count). The fraction of sp³-hybridized carbons (Fsp3) is 0.214. The number of aromatic nitrogens is 1. The van der Waals surface area contributed by atoms with Crippen LogP contribution in [0.25, 0.3) is 0 Å². The average Bonchev–Trinajstić information content (AvgIpc) is 2.41. The molecule has 2 N–H and O–H groups in total. The van der Waals surface area contributed by atoms with Gasteiger partial charge in [-0.3, -0.25) is 4.72 Å². The van der Waals surface area contributed by atoms with E-state index in [1.54, 1.807) is 18.2 Å². The monoisotopic (exact) mass is 325 g/mol. The minimum Gasteiger partial charge on any atom is -0.316 e. The minimum atomic E-state index is -3.56. The Morgan fingerprint density at radius 2 is 1.95 bits per heavy atom. The highest BCUT2D eigenvalue weighted by molar-refractivity contribution is 7.91. The Morgan fingerprint density at radius 3 is 2.67 bits per heavy atom. The van der Waals surface area contributed by atoms with Gasteiger partial charge in [0.1, 0.15) is 0 Å². The number of halogens is 1. The van der Waals surface area contributed by atoms with E-state index in [-0.39, 0.29) is 16.6 Å². The molecule has 21 heavy (non-hydrogen) atoms. The van der Waals surface area contributed by atoms with Gasteiger partial charge in [0, 0.05) is 12.7 Å². The second-order valence-electron chi connectivity index (χ2n) is 4.55. The number of nitrogens with zero attached hydrogens (tertiary/aromatic N) is 1. The molecule has 0 aliphatic carbocycles. The van der Waals surface area contributed by atoms with Crippen LogP contribution in [0, 0.1) is 0 Å². The van der Waals surface area contributed by atoms with Crippen LogP contribution < -0.4 is 10.0 Å². The zero-order valence-corrected chi connectivity index (χ0v) is 13.1. The largest absolute Gasteiger partial charge is 0.316 e. The maximum Gasteiger partial charge on any atom is 0.238 e. The molecule has 0 amide bonds. The molecule has 0 aliphatic heterocycles. The van der Waals surface area contributed by atoms with Gasteiger partial charge in [-0.25, -0.2) is 13.4 Å². The summed E-state index contributed by atoms with van der Waals surface area (Å²) in [5.41, 5.74) is 1.74. The maximum atomic E-state index is 12.2. The second kappa shape index (κ2) is 6.89. The molecule has 0 bridgehead atoms. The van der Waals surface area contributed by atoms with Crippen LogP contribution in [0.1, 0.15) is 11.1 Å². The Kier molecular flexibility index (Phi) is 5.17. The van der Waals surface area contributed by atoms with E-state index < -0.39 is 10.0 Å². The average molecular weight is 326 g/mol. The van der Waals surface area contributed by atoms with Gasteiger partial charge in [-0.05, 0) is 30.3 Å². The molecule has 112 valence electrons. The van der Waals surface area contributed by atoms with Crippen molar-refractivity contribution in [2.75, 3.05) is 11.8 Å². The van der Waals surface area contributed by atoms with E-state index in [2.05, 4.69) is 15.0 Å².